The Labute approximate surface area is 110 Å². The molecular formula is C9H8BrClFN5. The zero-order chi connectivity index (χ0) is 12.4. The summed E-state index contributed by atoms with van der Waals surface area (Å²) in [7, 11) is 1.78. The van der Waals surface area contributed by atoms with Gasteiger partial charge in [0, 0.05) is 4.47 Å². The minimum Gasteiger partial charge on any atom is -0.313 e. The largest absolute Gasteiger partial charge is 0.313 e. The van der Waals surface area contributed by atoms with Crippen molar-refractivity contribution in [1.29, 1.82) is 0 Å². The van der Waals surface area contributed by atoms with Crippen LogP contribution in [-0.4, -0.2) is 27.3 Å². The van der Waals surface area contributed by atoms with Crippen LogP contribution in [0, 0.1) is 5.82 Å². The summed E-state index contributed by atoms with van der Waals surface area (Å²) in [6.07, 6.45) is 0. The Bertz CT molecular complexity index is 521. The number of hydrogen-bond acceptors (Lipinski definition) is 4. The number of benzene rings is 1. The highest BCUT2D eigenvalue weighted by atomic mass is 79.9. The molecule has 0 saturated heterocycles. The molecule has 90 valence electrons. The number of aromatic nitrogens is 4. The van der Waals surface area contributed by atoms with Crippen LogP contribution in [0.5, 0.6) is 0 Å². The molecule has 0 spiro atoms. The second-order valence-electron chi connectivity index (χ2n) is 3.26. The van der Waals surface area contributed by atoms with Gasteiger partial charge in [0.05, 0.1) is 11.6 Å². The third-order valence-electron chi connectivity index (χ3n) is 2.06. The highest BCUT2D eigenvalue weighted by Gasteiger charge is 2.15. The fourth-order valence-corrected chi connectivity index (χ4v) is 2.39. The van der Waals surface area contributed by atoms with E-state index < -0.39 is 5.82 Å². The topological polar surface area (TPSA) is 55.6 Å². The predicted molar refractivity (Wildman–Crippen MR) is 64.6 cm³/mol. The Kier molecular flexibility index (Phi) is 3.70. The number of hydrogen-bond donors (Lipinski definition) is 1. The van der Waals surface area contributed by atoms with Gasteiger partial charge in [0.1, 0.15) is 11.5 Å². The van der Waals surface area contributed by atoms with Crippen molar-refractivity contribution in [3.63, 3.8) is 0 Å². The van der Waals surface area contributed by atoms with E-state index in [1.807, 2.05) is 0 Å². The van der Waals surface area contributed by atoms with E-state index in [1.165, 1.54) is 16.8 Å². The lowest BCUT2D eigenvalue weighted by Crippen LogP contribution is -2.13. The molecule has 0 saturated carbocycles. The van der Waals surface area contributed by atoms with E-state index in [2.05, 4.69) is 36.8 Å². The van der Waals surface area contributed by atoms with Crippen LogP contribution in [0.4, 0.5) is 4.39 Å². The lowest BCUT2D eigenvalue weighted by Gasteiger charge is -2.08. The summed E-state index contributed by atoms with van der Waals surface area (Å²) in [5.41, 5.74) is 0.517. The number of tetrazole rings is 1. The van der Waals surface area contributed by atoms with Crippen molar-refractivity contribution in [2.24, 2.45) is 0 Å². The van der Waals surface area contributed by atoms with Crippen molar-refractivity contribution in [3.8, 4) is 5.69 Å². The molecule has 0 amide bonds. The molecule has 0 unspecified atom stereocenters. The maximum atomic E-state index is 13.1. The van der Waals surface area contributed by atoms with Crippen LogP contribution >= 0.6 is 27.5 Å². The number of rotatable bonds is 3. The Hall–Kier alpha value is -1.05. The van der Waals surface area contributed by atoms with Gasteiger partial charge >= 0.3 is 0 Å². The van der Waals surface area contributed by atoms with Gasteiger partial charge < -0.3 is 5.32 Å². The van der Waals surface area contributed by atoms with Crippen molar-refractivity contribution < 1.29 is 4.39 Å². The van der Waals surface area contributed by atoms with Gasteiger partial charge in [-0.3, -0.25) is 0 Å². The molecule has 2 aromatic rings. The van der Waals surface area contributed by atoms with E-state index in [9.17, 15) is 4.39 Å². The van der Waals surface area contributed by atoms with Crippen LogP contribution in [-0.2, 0) is 6.54 Å². The molecule has 0 aliphatic heterocycles. The van der Waals surface area contributed by atoms with Crippen LogP contribution in [0.15, 0.2) is 16.6 Å². The van der Waals surface area contributed by atoms with Crippen molar-refractivity contribution in [3.05, 3.63) is 33.3 Å². The molecule has 0 fully saturated rings. The third-order valence-corrected chi connectivity index (χ3v) is 2.96. The van der Waals surface area contributed by atoms with E-state index in [0.29, 0.717) is 22.5 Å². The molecule has 5 nitrogen and oxygen atoms in total. The van der Waals surface area contributed by atoms with Crippen LogP contribution < -0.4 is 5.32 Å². The Morgan fingerprint density at radius 3 is 2.94 bits per heavy atom. The van der Waals surface area contributed by atoms with Gasteiger partial charge in [-0.15, -0.1) is 5.10 Å². The normalized spacial score (nSPS) is 10.8. The molecule has 1 aromatic carbocycles. The summed E-state index contributed by atoms with van der Waals surface area (Å²) in [6.45, 7) is 0.479. The zero-order valence-corrected chi connectivity index (χ0v) is 11.1. The maximum Gasteiger partial charge on any atom is 0.170 e. The van der Waals surface area contributed by atoms with Gasteiger partial charge in [0.2, 0.25) is 0 Å². The fourth-order valence-electron chi connectivity index (χ4n) is 1.38. The molecule has 0 atom stereocenters. The van der Waals surface area contributed by atoms with E-state index in [0.717, 1.165) is 0 Å². The zero-order valence-electron chi connectivity index (χ0n) is 8.78. The predicted octanol–water partition coefficient (Wildman–Crippen LogP) is 1.94. The van der Waals surface area contributed by atoms with E-state index in [1.54, 1.807) is 7.05 Å². The van der Waals surface area contributed by atoms with Crippen molar-refractivity contribution in [2.75, 3.05) is 7.05 Å². The first-order valence-corrected chi connectivity index (χ1v) is 5.87. The molecule has 0 bridgehead atoms. The molecule has 0 aliphatic rings. The number of nitrogens with zero attached hydrogens (tertiary/aromatic N) is 4. The quantitative estimate of drug-likeness (QED) is 0.939. The molecule has 0 aliphatic carbocycles. The minimum absolute atomic E-state index is 0.238. The van der Waals surface area contributed by atoms with Crippen molar-refractivity contribution in [1.82, 2.24) is 25.5 Å². The molecule has 8 heteroatoms. The fraction of sp³-hybridized carbons (Fsp3) is 0.222. The molecule has 17 heavy (non-hydrogen) atoms. The maximum absolute atomic E-state index is 13.1. The lowest BCUT2D eigenvalue weighted by atomic mass is 10.3. The van der Waals surface area contributed by atoms with Crippen molar-refractivity contribution >= 4 is 27.5 Å². The number of halogens is 3. The monoisotopic (exact) mass is 319 g/mol. The van der Waals surface area contributed by atoms with Gasteiger partial charge in [0.25, 0.3) is 0 Å². The summed E-state index contributed by atoms with van der Waals surface area (Å²) < 4.78 is 15.1. The van der Waals surface area contributed by atoms with Gasteiger partial charge in [0.15, 0.2) is 5.82 Å². The SMILES string of the molecule is CNCc1nnnn1-c1c(Cl)cc(F)cc1Br. The summed E-state index contributed by atoms with van der Waals surface area (Å²) >= 11 is 9.23. The average molecular weight is 321 g/mol. The van der Waals surface area contributed by atoms with Gasteiger partial charge in [-0.2, -0.15) is 4.68 Å². The summed E-state index contributed by atoms with van der Waals surface area (Å²) in [6, 6.07) is 2.53. The van der Waals surface area contributed by atoms with E-state index in [4.69, 9.17) is 11.6 Å². The first-order chi connectivity index (χ1) is 8.13. The van der Waals surface area contributed by atoms with Crippen LogP contribution in [0.1, 0.15) is 5.82 Å². The smallest absolute Gasteiger partial charge is 0.170 e. The van der Waals surface area contributed by atoms with Gasteiger partial charge in [-0.25, -0.2) is 4.39 Å². The number of nitrogens with one attached hydrogen (secondary N) is 1. The van der Waals surface area contributed by atoms with E-state index >= 15 is 0 Å². The standard InChI is InChI=1S/C9H8BrClFN5/c1-13-4-8-14-15-16-17(8)9-6(10)2-5(12)3-7(9)11/h2-3,13H,4H2,1H3. The van der Waals surface area contributed by atoms with Crippen molar-refractivity contribution in [2.45, 2.75) is 6.54 Å². The highest BCUT2D eigenvalue weighted by Crippen LogP contribution is 2.29. The van der Waals surface area contributed by atoms with E-state index in [-0.39, 0.29) is 5.02 Å². The summed E-state index contributed by atoms with van der Waals surface area (Å²) in [4.78, 5) is 0. The molecule has 0 radical (unpaired) electrons. The second kappa shape index (κ2) is 5.07. The molecular weight excluding hydrogens is 312 g/mol. The van der Waals surface area contributed by atoms with Gasteiger partial charge in [-0.05, 0) is 45.5 Å². The Morgan fingerprint density at radius 1 is 1.53 bits per heavy atom. The lowest BCUT2D eigenvalue weighted by molar-refractivity contribution is 0.625. The Morgan fingerprint density at radius 2 is 2.29 bits per heavy atom. The minimum atomic E-state index is -0.422. The first kappa shape index (κ1) is 12.4. The highest BCUT2D eigenvalue weighted by molar-refractivity contribution is 9.10. The summed E-state index contributed by atoms with van der Waals surface area (Å²) in [5, 5.41) is 14.4. The molecule has 2 rings (SSSR count). The van der Waals surface area contributed by atoms with Crippen LogP contribution in [0.2, 0.25) is 5.02 Å². The Balaban J connectivity index is 2.56. The first-order valence-electron chi connectivity index (χ1n) is 4.70. The van der Waals surface area contributed by atoms with Crippen LogP contribution in [0.25, 0.3) is 5.69 Å². The second-order valence-corrected chi connectivity index (χ2v) is 4.52. The molecule has 1 aromatic heterocycles. The van der Waals surface area contributed by atoms with Crippen LogP contribution in [0.3, 0.4) is 0 Å². The average Bonchev–Trinajstić information content (AvgIpc) is 2.65. The third kappa shape index (κ3) is 2.46. The van der Waals surface area contributed by atoms with Gasteiger partial charge in [-0.1, -0.05) is 11.6 Å². The molecule has 1 N–H and O–H groups in total. The molecule has 1 heterocycles. The summed E-state index contributed by atoms with van der Waals surface area (Å²) in [5.74, 6) is 0.163.